The van der Waals surface area contributed by atoms with Gasteiger partial charge in [-0.2, -0.15) is 5.26 Å². The third kappa shape index (κ3) is 2.49. The Bertz CT molecular complexity index is 1120. The average Bonchev–Trinajstić information content (AvgIpc) is 2.94. The normalized spacial score (nSPS) is 11.8. The minimum Gasteiger partial charge on any atom is -0.309 e. The highest BCUT2D eigenvalue weighted by Crippen LogP contribution is 2.33. The van der Waals surface area contributed by atoms with E-state index in [0.717, 1.165) is 16.7 Å². The van der Waals surface area contributed by atoms with Crippen LogP contribution in [0, 0.1) is 11.3 Å². The molecule has 0 N–H and O–H groups in total. The lowest BCUT2D eigenvalue weighted by atomic mass is 9.87. The first-order valence-electron chi connectivity index (χ1n) is 8.53. The van der Waals surface area contributed by atoms with Gasteiger partial charge in [0.2, 0.25) is 0 Å². The summed E-state index contributed by atoms with van der Waals surface area (Å²) in [5, 5.41) is 11.7. The number of benzene rings is 3. The van der Waals surface area contributed by atoms with E-state index in [2.05, 4.69) is 86.0 Å². The van der Waals surface area contributed by atoms with Crippen LogP contribution in [0.25, 0.3) is 27.5 Å². The zero-order chi connectivity index (χ0) is 17.6. The summed E-state index contributed by atoms with van der Waals surface area (Å²) >= 11 is 0. The Kier molecular flexibility index (Phi) is 3.40. The second-order valence-electron chi connectivity index (χ2n) is 7.49. The van der Waals surface area contributed by atoms with Gasteiger partial charge in [-0.1, -0.05) is 57.2 Å². The topological polar surface area (TPSA) is 28.7 Å². The summed E-state index contributed by atoms with van der Waals surface area (Å²) in [6, 6.07) is 25.3. The van der Waals surface area contributed by atoms with Crippen molar-refractivity contribution in [1.82, 2.24) is 4.57 Å². The number of nitriles is 1. The number of hydrogen-bond acceptors (Lipinski definition) is 1. The highest BCUT2D eigenvalue weighted by molar-refractivity contribution is 6.09. The van der Waals surface area contributed by atoms with Crippen LogP contribution in [0.4, 0.5) is 0 Å². The first kappa shape index (κ1) is 15.5. The zero-order valence-electron chi connectivity index (χ0n) is 14.7. The van der Waals surface area contributed by atoms with E-state index in [-0.39, 0.29) is 5.41 Å². The second-order valence-corrected chi connectivity index (χ2v) is 7.49. The summed E-state index contributed by atoms with van der Waals surface area (Å²) in [7, 11) is 0. The van der Waals surface area contributed by atoms with Gasteiger partial charge in [0, 0.05) is 16.5 Å². The third-order valence-electron chi connectivity index (χ3n) is 4.79. The molecule has 0 saturated heterocycles. The highest BCUT2D eigenvalue weighted by Gasteiger charge is 2.15. The Morgan fingerprint density at radius 1 is 0.800 bits per heavy atom. The van der Waals surface area contributed by atoms with Gasteiger partial charge in [0.1, 0.15) is 0 Å². The fourth-order valence-electron chi connectivity index (χ4n) is 3.43. The highest BCUT2D eigenvalue weighted by atomic mass is 15.0. The molecule has 0 fully saturated rings. The quantitative estimate of drug-likeness (QED) is 0.425. The van der Waals surface area contributed by atoms with Crippen LogP contribution in [0.2, 0.25) is 0 Å². The van der Waals surface area contributed by atoms with E-state index >= 15 is 0 Å². The molecule has 4 aromatic rings. The van der Waals surface area contributed by atoms with Gasteiger partial charge >= 0.3 is 0 Å². The van der Waals surface area contributed by atoms with Gasteiger partial charge in [0.25, 0.3) is 0 Å². The maximum atomic E-state index is 9.30. The first-order chi connectivity index (χ1) is 12.0. The summed E-state index contributed by atoms with van der Waals surface area (Å²) in [5.41, 5.74) is 5.49. The molecule has 122 valence electrons. The molecule has 0 saturated carbocycles. The molecule has 0 aliphatic heterocycles. The fraction of sp³-hybridized carbons (Fsp3) is 0.174. The van der Waals surface area contributed by atoms with Gasteiger partial charge in [-0.15, -0.1) is 0 Å². The van der Waals surface area contributed by atoms with Crippen molar-refractivity contribution >= 4 is 21.8 Å². The standard InChI is InChI=1S/C23H20N2/c1-23(2,3)17-9-11-18(12-10-17)25-21-7-5-4-6-19(21)20-13-8-16(15-24)14-22(20)25/h4-14H,1-3H3. The molecule has 0 unspecified atom stereocenters. The Morgan fingerprint density at radius 3 is 2.16 bits per heavy atom. The molecule has 0 aliphatic carbocycles. The van der Waals surface area contributed by atoms with E-state index < -0.39 is 0 Å². The van der Waals surface area contributed by atoms with Crippen molar-refractivity contribution in [2.45, 2.75) is 26.2 Å². The summed E-state index contributed by atoms with van der Waals surface area (Å²) in [6.07, 6.45) is 0. The molecule has 0 spiro atoms. The molecule has 2 nitrogen and oxygen atoms in total. The van der Waals surface area contributed by atoms with Crippen molar-refractivity contribution in [3.63, 3.8) is 0 Å². The molecule has 3 aromatic carbocycles. The van der Waals surface area contributed by atoms with Gasteiger partial charge in [0.15, 0.2) is 0 Å². The SMILES string of the molecule is CC(C)(C)c1ccc(-n2c3ccccc3c3ccc(C#N)cc32)cc1. The number of fused-ring (bicyclic) bond motifs is 3. The van der Waals surface area contributed by atoms with E-state index in [4.69, 9.17) is 0 Å². The van der Waals surface area contributed by atoms with Crippen molar-refractivity contribution in [1.29, 1.82) is 5.26 Å². The van der Waals surface area contributed by atoms with Crippen molar-refractivity contribution in [2.24, 2.45) is 0 Å². The summed E-state index contributed by atoms with van der Waals surface area (Å²) in [6.45, 7) is 6.67. The van der Waals surface area contributed by atoms with Crippen LogP contribution >= 0.6 is 0 Å². The van der Waals surface area contributed by atoms with E-state index in [9.17, 15) is 5.26 Å². The Morgan fingerprint density at radius 2 is 1.48 bits per heavy atom. The van der Waals surface area contributed by atoms with Crippen molar-refractivity contribution in [3.05, 3.63) is 77.9 Å². The Balaban J connectivity index is 2.03. The molecule has 0 amide bonds. The largest absolute Gasteiger partial charge is 0.309 e. The summed E-state index contributed by atoms with van der Waals surface area (Å²) < 4.78 is 2.25. The summed E-state index contributed by atoms with van der Waals surface area (Å²) in [4.78, 5) is 0. The lowest BCUT2D eigenvalue weighted by molar-refractivity contribution is 0.590. The van der Waals surface area contributed by atoms with Gasteiger partial charge < -0.3 is 4.57 Å². The Hall–Kier alpha value is -3.05. The van der Waals surface area contributed by atoms with Crippen molar-refractivity contribution in [3.8, 4) is 11.8 Å². The maximum absolute atomic E-state index is 9.30. The number of para-hydroxylation sites is 1. The molecule has 0 radical (unpaired) electrons. The van der Waals surface area contributed by atoms with Crippen LogP contribution in [0.5, 0.6) is 0 Å². The number of nitrogens with zero attached hydrogens (tertiary/aromatic N) is 2. The van der Waals surface area contributed by atoms with Crippen molar-refractivity contribution in [2.75, 3.05) is 0 Å². The minimum atomic E-state index is 0.132. The van der Waals surface area contributed by atoms with Crippen LogP contribution in [0.3, 0.4) is 0 Å². The molecular weight excluding hydrogens is 304 g/mol. The van der Waals surface area contributed by atoms with Crippen LogP contribution < -0.4 is 0 Å². The molecule has 4 rings (SSSR count). The predicted octanol–water partition coefficient (Wildman–Crippen LogP) is 5.95. The molecular formula is C23H20N2. The predicted molar refractivity (Wildman–Crippen MR) is 104 cm³/mol. The number of hydrogen-bond donors (Lipinski definition) is 0. The van der Waals surface area contributed by atoms with Crippen LogP contribution in [0.1, 0.15) is 31.9 Å². The first-order valence-corrected chi connectivity index (χ1v) is 8.53. The Labute approximate surface area is 147 Å². The monoisotopic (exact) mass is 324 g/mol. The van der Waals surface area contributed by atoms with E-state index in [1.807, 2.05) is 12.1 Å². The van der Waals surface area contributed by atoms with Crippen LogP contribution in [-0.2, 0) is 5.41 Å². The van der Waals surface area contributed by atoms with Gasteiger partial charge in [-0.3, -0.25) is 0 Å². The fourth-order valence-corrected chi connectivity index (χ4v) is 3.43. The number of aromatic nitrogens is 1. The smallest absolute Gasteiger partial charge is 0.0992 e. The maximum Gasteiger partial charge on any atom is 0.0992 e. The molecule has 0 bridgehead atoms. The van der Waals surface area contributed by atoms with Crippen molar-refractivity contribution < 1.29 is 0 Å². The average molecular weight is 324 g/mol. The van der Waals surface area contributed by atoms with Gasteiger partial charge in [-0.25, -0.2) is 0 Å². The lowest BCUT2D eigenvalue weighted by Crippen LogP contribution is -2.10. The zero-order valence-corrected chi connectivity index (χ0v) is 14.7. The molecule has 1 heterocycles. The van der Waals surface area contributed by atoms with E-state index in [1.165, 1.54) is 16.3 Å². The van der Waals surface area contributed by atoms with Gasteiger partial charge in [-0.05, 0) is 41.3 Å². The van der Waals surface area contributed by atoms with Gasteiger partial charge in [0.05, 0.1) is 22.7 Å². The molecule has 1 aromatic heterocycles. The number of rotatable bonds is 1. The van der Waals surface area contributed by atoms with E-state index in [0.29, 0.717) is 5.56 Å². The third-order valence-corrected chi connectivity index (χ3v) is 4.79. The molecule has 0 atom stereocenters. The second kappa shape index (κ2) is 5.50. The summed E-state index contributed by atoms with van der Waals surface area (Å²) in [5.74, 6) is 0. The molecule has 2 heteroatoms. The van der Waals surface area contributed by atoms with Crippen LogP contribution in [0.15, 0.2) is 66.7 Å². The van der Waals surface area contributed by atoms with E-state index in [1.54, 1.807) is 0 Å². The molecule has 25 heavy (non-hydrogen) atoms. The molecule has 0 aliphatic rings. The lowest BCUT2D eigenvalue weighted by Gasteiger charge is -2.19. The van der Waals surface area contributed by atoms with Crippen LogP contribution in [-0.4, -0.2) is 4.57 Å². The minimum absolute atomic E-state index is 0.132.